The van der Waals surface area contributed by atoms with Crippen LogP contribution in [0.4, 0.5) is 6.01 Å². The lowest BCUT2D eigenvalue weighted by Crippen LogP contribution is -2.10. The first-order valence-electron chi connectivity index (χ1n) is 5.88. The minimum Gasteiger partial charge on any atom is -0.403 e. The van der Waals surface area contributed by atoms with Crippen LogP contribution in [0, 0.1) is 0 Å². The summed E-state index contributed by atoms with van der Waals surface area (Å²) in [6.07, 6.45) is 0. The minimum absolute atomic E-state index is 0.0272. The number of aromatic nitrogens is 2. The Morgan fingerprint density at radius 2 is 1.82 bits per heavy atom. The van der Waals surface area contributed by atoms with Gasteiger partial charge in [-0.3, -0.25) is 10.1 Å². The number of thiophene rings is 1. The molecule has 3 rings (SSSR count). The summed E-state index contributed by atoms with van der Waals surface area (Å²) in [7, 11) is 0. The molecule has 0 unspecified atom stereocenters. The molecule has 9 heteroatoms. The summed E-state index contributed by atoms with van der Waals surface area (Å²) >= 11 is 18.8. The highest BCUT2D eigenvalue weighted by Gasteiger charge is 2.15. The van der Waals surface area contributed by atoms with Gasteiger partial charge in [-0.1, -0.05) is 39.9 Å². The van der Waals surface area contributed by atoms with Crippen molar-refractivity contribution in [2.45, 2.75) is 0 Å². The van der Waals surface area contributed by atoms with E-state index in [1.807, 2.05) is 0 Å². The Hall–Kier alpha value is -1.60. The lowest BCUT2D eigenvalue weighted by atomic mass is 10.2. The third kappa shape index (κ3) is 3.41. The number of amides is 1. The number of halogens is 3. The van der Waals surface area contributed by atoms with Gasteiger partial charge in [0, 0.05) is 15.6 Å². The van der Waals surface area contributed by atoms with E-state index < -0.39 is 0 Å². The van der Waals surface area contributed by atoms with E-state index in [9.17, 15) is 4.79 Å². The molecule has 5 nitrogen and oxygen atoms in total. The Bertz CT molecular complexity index is 826. The molecule has 0 saturated heterocycles. The van der Waals surface area contributed by atoms with Crippen LogP contribution in [-0.4, -0.2) is 16.1 Å². The SMILES string of the molecule is O=C(Nc1nnc(-c2cc(Cl)cc(Cl)c2)o1)c1ccc(Cl)s1. The molecule has 0 aliphatic heterocycles. The number of nitrogens with zero attached hydrogens (tertiary/aromatic N) is 2. The Morgan fingerprint density at radius 1 is 1.09 bits per heavy atom. The zero-order valence-corrected chi connectivity index (χ0v) is 13.7. The number of carbonyl (C=O) groups is 1. The van der Waals surface area contributed by atoms with Crippen molar-refractivity contribution < 1.29 is 9.21 Å². The second-order valence-electron chi connectivity index (χ2n) is 4.13. The molecule has 3 aromatic rings. The van der Waals surface area contributed by atoms with Gasteiger partial charge in [-0.15, -0.1) is 16.4 Å². The second-order valence-corrected chi connectivity index (χ2v) is 6.72. The van der Waals surface area contributed by atoms with Crippen LogP contribution in [0.3, 0.4) is 0 Å². The first-order chi connectivity index (χ1) is 10.5. The molecule has 0 aliphatic rings. The van der Waals surface area contributed by atoms with Crippen molar-refractivity contribution in [3.8, 4) is 11.5 Å². The largest absolute Gasteiger partial charge is 0.403 e. The summed E-state index contributed by atoms with van der Waals surface area (Å²) in [6.45, 7) is 0. The fourth-order valence-electron chi connectivity index (χ4n) is 1.66. The molecular weight excluding hydrogens is 369 g/mol. The topological polar surface area (TPSA) is 68.0 Å². The summed E-state index contributed by atoms with van der Waals surface area (Å²) in [5.74, 6) is -0.180. The quantitative estimate of drug-likeness (QED) is 0.699. The van der Waals surface area contributed by atoms with Gasteiger partial charge >= 0.3 is 6.01 Å². The number of hydrogen-bond acceptors (Lipinski definition) is 5. The standard InChI is InChI=1S/C13H6Cl3N3O2S/c14-7-3-6(4-8(15)5-7)12-18-19-13(21-12)17-11(20)9-1-2-10(16)22-9/h1-5H,(H,17,19,20). The first kappa shape index (κ1) is 15.3. The van der Waals surface area contributed by atoms with Crippen molar-refractivity contribution in [3.05, 3.63) is 49.6 Å². The fraction of sp³-hybridized carbons (Fsp3) is 0. The van der Waals surface area contributed by atoms with Gasteiger partial charge in [-0.2, -0.15) is 0 Å². The van der Waals surface area contributed by atoms with E-state index in [1.54, 1.807) is 30.3 Å². The predicted octanol–water partition coefficient (Wildman–Crippen LogP) is 5.01. The summed E-state index contributed by atoms with van der Waals surface area (Å²) in [5.41, 5.74) is 0.560. The Balaban J connectivity index is 1.80. The first-order valence-corrected chi connectivity index (χ1v) is 7.83. The second kappa shape index (κ2) is 6.26. The van der Waals surface area contributed by atoms with Crippen LogP contribution < -0.4 is 5.32 Å². The van der Waals surface area contributed by atoms with Crippen LogP contribution in [0.25, 0.3) is 11.5 Å². The lowest BCUT2D eigenvalue weighted by molar-refractivity contribution is 0.102. The monoisotopic (exact) mass is 373 g/mol. The summed E-state index contributed by atoms with van der Waals surface area (Å²) in [4.78, 5) is 12.4. The van der Waals surface area contributed by atoms with Crippen molar-refractivity contribution in [2.24, 2.45) is 0 Å². The molecular formula is C13H6Cl3N3O2S. The Kier molecular flexibility index (Phi) is 4.35. The van der Waals surface area contributed by atoms with Crippen LogP contribution in [-0.2, 0) is 0 Å². The highest BCUT2D eigenvalue weighted by Crippen LogP contribution is 2.27. The third-order valence-corrected chi connectivity index (χ3v) is 4.22. The van der Waals surface area contributed by atoms with Crippen molar-refractivity contribution in [3.63, 3.8) is 0 Å². The molecule has 2 aromatic heterocycles. The molecule has 0 aliphatic carbocycles. The molecule has 0 spiro atoms. The van der Waals surface area contributed by atoms with Crippen molar-refractivity contribution in [2.75, 3.05) is 5.32 Å². The average Bonchev–Trinajstić information content (AvgIpc) is 3.06. The lowest BCUT2D eigenvalue weighted by Gasteiger charge is -1.98. The van der Waals surface area contributed by atoms with Crippen LogP contribution in [0.1, 0.15) is 9.67 Å². The van der Waals surface area contributed by atoms with E-state index in [4.69, 9.17) is 39.2 Å². The molecule has 0 radical (unpaired) electrons. The van der Waals surface area contributed by atoms with Gasteiger partial charge < -0.3 is 4.42 Å². The molecule has 0 atom stereocenters. The number of rotatable bonds is 3. The number of carbonyl (C=O) groups excluding carboxylic acids is 1. The van der Waals surface area contributed by atoms with E-state index >= 15 is 0 Å². The van der Waals surface area contributed by atoms with Crippen LogP contribution in [0.15, 0.2) is 34.7 Å². The molecule has 1 aromatic carbocycles. The van der Waals surface area contributed by atoms with E-state index in [1.165, 1.54) is 0 Å². The zero-order chi connectivity index (χ0) is 15.7. The van der Waals surface area contributed by atoms with Gasteiger partial charge in [0.15, 0.2) is 0 Å². The Morgan fingerprint density at radius 3 is 2.45 bits per heavy atom. The third-order valence-electron chi connectivity index (χ3n) is 2.55. The van der Waals surface area contributed by atoms with Gasteiger partial charge in [0.2, 0.25) is 5.89 Å². The van der Waals surface area contributed by atoms with Gasteiger partial charge in [0.25, 0.3) is 5.91 Å². The molecule has 1 amide bonds. The van der Waals surface area contributed by atoms with E-state index in [0.717, 1.165) is 11.3 Å². The Labute approximate surface area is 143 Å². The van der Waals surface area contributed by atoms with Gasteiger partial charge in [-0.05, 0) is 30.3 Å². The van der Waals surface area contributed by atoms with Crippen LogP contribution in [0.5, 0.6) is 0 Å². The fourth-order valence-corrected chi connectivity index (χ4v) is 3.13. The van der Waals surface area contributed by atoms with Crippen molar-refractivity contribution in [1.29, 1.82) is 0 Å². The molecule has 0 saturated carbocycles. The average molecular weight is 375 g/mol. The normalized spacial score (nSPS) is 10.7. The van der Waals surface area contributed by atoms with E-state index in [2.05, 4.69) is 15.5 Å². The maximum absolute atomic E-state index is 12.0. The van der Waals surface area contributed by atoms with Gasteiger partial charge in [0.1, 0.15) is 0 Å². The summed E-state index contributed by atoms with van der Waals surface area (Å²) < 4.78 is 5.90. The molecule has 0 bridgehead atoms. The summed E-state index contributed by atoms with van der Waals surface area (Å²) in [5, 5.41) is 11.0. The molecule has 22 heavy (non-hydrogen) atoms. The minimum atomic E-state index is -0.378. The number of anilines is 1. The predicted molar refractivity (Wildman–Crippen MR) is 87.0 cm³/mol. The van der Waals surface area contributed by atoms with Crippen molar-refractivity contribution >= 4 is 58.1 Å². The molecule has 2 heterocycles. The number of nitrogens with one attached hydrogen (secondary N) is 1. The maximum Gasteiger partial charge on any atom is 0.322 e. The van der Waals surface area contributed by atoms with Crippen molar-refractivity contribution in [1.82, 2.24) is 10.2 Å². The maximum atomic E-state index is 12.0. The molecule has 1 N–H and O–H groups in total. The highest BCUT2D eigenvalue weighted by molar-refractivity contribution is 7.18. The zero-order valence-electron chi connectivity index (χ0n) is 10.6. The smallest absolute Gasteiger partial charge is 0.322 e. The van der Waals surface area contributed by atoms with Crippen LogP contribution in [0.2, 0.25) is 14.4 Å². The van der Waals surface area contributed by atoms with Crippen LogP contribution >= 0.6 is 46.1 Å². The van der Waals surface area contributed by atoms with Gasteiger partial charge in [-0.25, -0.2) is 0 Å². The highest BCUT2D eigenvalue weighted by atomic mass is 35.5. The number of benzene rings is 1. The van der Waals surface area contributed by atoms with E-state index in [0.29, 0.717) is 24.8 Å². The summed E-state index contributed by atoms with van der Waals surface area (Å²) in [6, 6.07) is 8.06. The molecule has 112 valence electrons. The van der Waals surface area contributed by atoms with E-state index in [-0.39, 0.29) is 17.8 Å². The molecule has 0 fully saturated rings. The number of hydrogen-bond donors (Lipinski definition) is 1. The van der Waals surface area contributed by atoms with Gasteiger partial charge in [0.05, 0.1) is 9.21 Å².